The van der Waals surface area contributed by atoms with E-state index in [2.05, 4.69) is 20.3 Å². The molecule has 1 amide bonds. The molecule has 0 radical (unpaired) electrons. The molecule has 5 rings (SSSR count). The molecule has 0 spiro atoms. The highest BCUT2D eigenvalue weighted by Gasteiger charge is 2.16. The minimum Gasteiger partial charge on any atom is -0.483 e. The number of amides is 1. The number of nitrogens with one attached hydrogen (secondary N) is 2. The molecule has 1 atom stereocenters. The number of carbonyl (C=O) groups is 1. The van der Waals surface area contributed by atoms with Gasteiger partial charge in [0.05, 0.1) is 37.9 Å². The molecule has 8 heteroatoms. The monoisotopic (exact) mass is 448 g/mol. The lowest BCUT2D eigenvalue weighted by molar-refractivity contribution is -0.123. The predicted octanol–water partition coefficient (Wildman–Crippen LogP) is 5.47. The number of thiophene rings is 1. The Bertz CT molecular complexity index is 1370. The highest BCUT2D eigenvalue weighted by molar-refractivity contribution is 7.21. The number of fused-ring (bicyclic) bond motifs is 3. The zero-order valence-corrected chi connectivity index (χ0v) is 18.6. The fraction of sp³-hybridized carbons (Fsp3) is 0.174. The summed E-state index contributed by atoms with van der Waals surface area (Å²) in [7, 11) is 0. The lowest BCUT2D eigenvalue weighted by Crippen LogP contribution is -2.31. The standard InChI is InChI=1S/C23H20N4O2S2/c1-13(23-24-11-17(27-23)15-6-4-3-5-7-15)25-20(28)12-29-18-10-19-21(26-14(2)31-19)22-16(18)8-9-30-22/h3-11,13H,12H2,1-2H3,(H,24,27)(H,25,28). The average molecular weight is 449 g/mol. The molecule has 0 aliphatic carbocycles. The number of aryl methyl sites for hydroxylation is 1. The summed E-state index contributed by atoms with van der Waals surface area (Å²) in [5.41, 5.74) is 2.97. The maximum atomic E-state index is 12.5. The smallest absolute Gasteiger partial charge is 0.258 e. The summed E-state index contributed by atoms with van der Waals surface area (Å²) in [5.74, 6) is 1.21. The number of hydrogen-bond acceptors (Lipinski definition) is 6. The van der Waals surface area contributed by atoms with Crippen molar-refractivity contribution in [3.63, 3.8) is 0 Å². The number of aromatic amines is 1. The Morgan fingerprint density at radius 3 is 2.94 bits per heavy atom. The van der Waals surface area contributed by atoms with Gasteiger partial charge in [-0.15, -0.1) is 22.7 Å². The average Bonchev–Trinajstić information content (AvgIpc) is 3.51. The third-order valence-corrected chi connectivity index (χ3v) is 6.83. The number of imidazole rings is 1. The van der Waals surface area contributed by atoms with Crippen molar-refractivity contribution in [3.8, 4) is 17.0 Å². The van der Waals surface area contributed by atoms with Crippen molar-refractivity contribution in [2.45, 2.75) is 19.9 Å². The van der Waals surface area contributed by atoms with Gasteiger partial charge in [-0.2, -0.15) is 0 Å². The molecule has 6 nitrogen and oxygen atoms in total. The molecule has 0 saturated heterocycles. The van der Waals surface area contributed by atoms with E-state index in [0.29, 0.717) is 11.6 Å². The number of benzene rings is 2. The molecule has 2 N–H and O–H groups in total. The molecule has 0 bridgehead atoms. The Morgan fingerprint density at radius 1 is 1.26 bits per heavy atom. The fourth-order valence-corrected chi connectivity index (χ4v) is 5.36. The van der Waals surface area contributed by atoms with E-state index in [9.17, 15) is 4.79 Å². The van der Waals surface area contributed by atoms with Crippen LogP contribution in [-0.4, -0.2) is 27.5 Å². The van der Waals surface area contributed by atoms with Gasteiger partial charge in [0.2, 0.25) is 0 Å². The van der Waals surface area contributed by atoms with E-state index in [-0.39, 0.29) is 18.6 Å². The second kappa shape index (κ2) is 8.13. The molecule has 3 aromatic heterocycles. The lowest BCUT2D eigenvalue weighted by atomic mass is 10.2. The highest BCUT2D eigenvalue weighted by atomic mass is 32.1. The van der Waals surface area contributed by atoms with Gasteiger partial charge < -0.3 is 15.0 Å². The van der Waals surface area contributed by atoms with Crippen molar-refractivity contribution < 1.29 is 9.53 Å². The van der Waals surface area contributed by atoms with Crippen molar-refractivity contribution in [2.75, 3.05) is 6.61 Å². The van der Waals surface area contributed by atoms with Crippen LogP contribution in [0, 0.1) is 6.92 Å². The third kappa shape index (κ3) is 3.92. The Morgan fingerprint density at radius 2 is 2.10 bits per heavy atom. The predicted molar refractivity (Wildman–Crippen MR) is 126 cm³/mol. The van der Waals surface area contributed by atoms with E-state index in [1.807, 2.05) is 61.7 Å². The van der Waals surface area contributed by atoms with E-state index in [4.69, 9.17) is 4.74 Å². The molecule has 0 saturated carbocycles. The fourth-order valence-electron chi connectivity index (χ4n) is 3.52. The van der Waals surface area contributed by atoms with Crippen LogP contribution in [0.25, 0.3) is 31.6 Å². The second-order valence-electron chi connectivity index (χ2n) is 7.24. The van der Waals surface area contributed by atoms with Gasteiger partial charge >= 0.3 is 0 Å². The third-order valence-electron chi connectivity index (χ3n) is 4.99. The van der Waals surface area contributed by atoms with Crippen LogP contribution < -0.4 is 10.1 Å². The van der Waals surface area contributed by atoms with Crippen LogP contribution in [0.1, 0.15) is 23.8 Å². The second-order valence-corrected chi connectivity index (χ2v) is 9.39. The number of aromatic nitrogens is 3. The van der Waals surface area contributed by atoms with Crippen molar-refractivity contribution >= 4 is 48.9 Å². The first-order valence-electron chi connectivity index (χ1n) is 9.88. The van der Waals surface area contributed by atoms with E-state index in [1.54, 1.807) is 28.9 Å². The molecular weight excluding hydrogens is 428 g/mol. The first-order chi connectivity index (χ1) is 15.1. The number of carbonyl (C=O) groups excluding carboxylic acids is 1. The SMILES string of the molecule is Cc1nc2c(cc(OCC(=O)NC(C)c3ncc(-c4ccccc4)[nH]3)c3ccsc32)s1. The van der Waals surface area contributed by atoms with E-state index in [0.717, 1.165) is 36.6 Å². The number of nitrogens with zero attached hydrogens (tertiary/aromatic N) is 2. The van der Waals surface area contributed by atoms with Crippen LogP contribution in [0.2, 0.25) is 0 Å². The van der Waals surface area contributed by atoms with Crippen LogP contribution in [0.4, 0.5) is 0 Å². The van der Waals surface area contributed by atoms with Gasteiger partial charge in [-0.25, -0.2) is 9.97 Å². The molecular formula is C23H20N4O2S2. The molecule has 0 aliphatic rings. The zero-order valence-electron chi connectivity index (χ0n) is 17.0. The summed E-state index contributed by atoms with van der Waals surface area (Å²) >= 11 is 3.27. The number of hydrogen-bond donors (Lipinski definition) is 2. The van der Waals surface area contributed by atoms with Crippen LogP contribution in [0.15, 0.2) is 54.0 Å². The van der Waals surface area contributed by atoms with Gasteiger partial charge in [0.25, 0.3) is 5.91 Å². The topological polar surface area (TPSA) is 79.9 Å². The molecule has 0 fully saturated rings. The maximum absolute atomic E-state index is 12.5. The van der Waals surface area contributed by atoms with E-state index >= 15 is 0 Å². The Labute approximate surface area is 186 Å². The summed E-state index contributed by atoms with van der Waals surface area (Å²) in [6.45, 7) is 3.83. The van der Waals surface area contributed by atoms with Crippen molar-refractivity contribution in [1.82, 2.24) is 20.3 Å². The summed E-state index contributed by atoms with van der Waals surface area (Å²) in [4.78, 5) is 24.9. The largest absolute Gasteiger partial charge is 0.483 e. The van der Waals surface area contributed by atoms with Crippen molar-refractivity contribution in [1.29, 1.82) is 0 Å². The molecule has 31 heavy (non-hydrogen) atoms. The number of thiazole rings is 1. The lowest BCUT2D eigenvalue weighted by Gasteiger charge is -2.13. The van der Waals surface area contributed by atoms with Crippen molar-refractivity contribution in [3.05, 3.63) is 64.9 Å². The van der Waals surface area contributed by atoms with Gasteiger partial charge in [-0.1, -0.05) is 30.3 Å². The van der Waals surface area contributed by atoms with Crippen LogP contribution in [0.3, 0.4) is 0 Å². The molecule has 3 heterocycles. The van der Waals surface area contributed by atoms with Gasteiger partial charge in [-0.3, -0.25) is 4.79 Å². The van der Waals surface area contributed by atoms with Crippen LogP contribution >= 0.6 is 22.7 Å². The number of rotatable bonds is 6. The summed E-state index contributed by atoms with van der Waals surface area (Å²) in [5, 5.41) is 6.98. The number of ether oxygens (including phenoxy) is 1. The van der Waals surface area contributed by atoms with Gasteiger partial charge in [-0.05, 0) is 30.9 Å². The van der Waals surface area contributed by atoms with Crippen LogP contribution in [-0.2, 0) is 4.79 Å². The number of H-pyrrole nitrogens is 1. The van der Waals surface area contributed by atoms with Gasteiger partial charge in [0, 0.05) is 11.5 Å². The van der Waals surface area contributed by atoms with Crippen molar-refractivity contribution in [2.24, 2.45) is 0 Å². The Balaban J connectivity index is 1.27. The maximum Gasteiger partial charge on any atom is 0.258 e. The zero-order chi connectivity index (χ0) is 21.4. The summed E-state index contributed by atoms with van der Waals surface area (Å²) < 4.78 is 8.07. The molecule has 0 aliphatic heterocycles. The summed E-state index contributed by atoms with van der Waals surface area (Å²) in [6.07, 6.45) is 1.78. The minimum absolute atomic E-state index is 0.0647. The first-order valence-corrected chi connectivity index (χ1v) is 11.6. The van der Waals surface area contributed by atoms with E-state index < -0.39 is 0 Å². The molecule has 1 unspecified atom stereocenters. The van der Waals surface area contributed by atoms with Gasteiger partial charge in [0.1, 0.15) is 11.6 Å². The first kappa shape index (κ1) is 19.7. The molecule has 2 aromatic carbocycles. The summed E-state index contributed by atoms with van der Waals surface area (Å²) in [6, 6.07) is 13.7. The molecule has 156 valence electrons. The van der Waals surface area contributed by atoms with Crippen LogP contribution in [0.5, 0.6) is 5.75 Å². The van der Waals surface area contributed by atoms with E-state index in [1.165, 1.54) is 0 Å². The highest BCUT2D eigenvalue weighted by Crippen LogP contribution is 2.38. The Kier molecular flexibility index (Phi) is 5.17. The Hall–Kier alpha value is -3.23. The quantitative estimate of drug-likeness (QED) is 0.361. The minimum atomic E-state index is -0.263. The van der Waals surface area contributed by atoms with Gasteiger partial charge in [0.15, 0.2) is 6.61 Å². The normalized spacial score (nSPS) is 12.3. The molecule has 5 aromatic rings.